The number of alkyl halides is 3. The summed E-state index contributed by atoms with van der Waals surface area (Å²) in [6.45, 7) is 1.57. The van der Waals surface area contributed by atoms with Crippen molar-refractivity contribution >= 4 is 0 Å². The number of aryl methyl sites for hydroxylation is 1. The van der Waals surface area contributed by atoms with Crippen molar-refractivity contribution in [3.8, 4) is 11.8 Å². The largest absolute Gasteiger partial charge is 0.320 e. The Balaban J connectivity index is 2.16. The minimum Gasteiger partial charge on any atom is -0.320 e. The third kappa shape index (κ3) is 2.08. The summed E-state index contributed by atoms with van der Waals surface area (Å²) >= 11 is 0. The fourth-order valence-electron chi connectivity index (χ4n) is 2.90. The zero-order chi connectivity index (χ0) is 16.1. The highest BCUT2D eigenvalue weighted by Gasteiger charge is 2.47. The molecule has 3 rings (SSSR count). The Hall–Kier alpha value is -2.29. The monoisotopic (exact) mass is 308 g/mol. The summed E-state index contributed by atoms with van der Waals surface area (Å²) in [7, 11) is 0. The lowest BCUT2D eigenvalue weighted by molar-refractivity contribution is -0.0868. The average Bonchev–Trinajstić information content (AvgIpc) is 2.81. The van der Waals surface area contributed by atoms with E-state index in [0.29, 0.717) is 16.9 Å². The molecule has 1 heterocycles. The standard InChI is InChI=1S/C16H12F4N2/c1-9-8-22(11-2-3-12(17)10(6-11)7-21)13-4-5-16(19,20)15(18)14(9)13/h2-3,6,8,15H,4-5H2,1H3. The molecule has 2 aromatic rings. The molecule has 22 heavy (non-hydrogen) atoms. The lowest BCUT2D eigenvalue weighted by Crippen LogP contribution is -2.30. The molecule has 1 aliphatic rings. The van der Waals surface area contributed by atoms with Gasteiger partial charge in [-0.15, -0.1) is 0 Å². The van der Waals surface area contributed by atoms with E-state index in [-0.39, 0.29) is 17.5 Å². The van der Waals surface area contributed by atoms with Crippen molar-refractivity contribution in [2.24, 2.45) is 0 Å². The van der Waals surface area contributed by atoms with Crippen molar-refractivity contribution < 1.29 is 17.6 Å². The lowest BCUT2D eigenvalue weighted by Gasteiger charge is -2.27. The number of nitrogens with zero attached hydrogens (tertiary/aromatic N) is 2. The molecule has 0 amide bonds. The number of rotatable bonds is 1. The fourth-order valence-corrected chi connectivity index (χ4v) is 2.90. The highest BCUT2D eigenvalue weighted by molar-refractivity contribution is 5.48. The lowest BCUT2D eigenvalue weighted by atomic mass is 9.90. The summed E-state index contributed by atoms with van der Waals surface area (Å²) in [5.74, 6) is -4.02. The molecule has 0 N–H and O–H groups in total. The Kier molecular flexibility index (Phi) is 3.24. The van der Waals surface area contributed by atoms with Gasteiger partial charge in [0.05, 0.1) is 5.56 Å². The molecule has 0 spiro atoms. The maximum Gasteiger partial charge on any atom is 0.283 e. The van der Waals surface area contributed by atoms with Crippen molar-refractivity contribution in [3.63, 3.8) is 0 Å². The SMILES string of the molecule is Cc1cn(-c2ccc(F)c(C#N)c2)c2c1C(F)C(F)(F)CC2. The summed E-state index contributed by atoms with van der Waals surface area (Å²) in [4.78, 5) is 0. The molecule has 0 saturated heterocycles. The van der Waals surface area contributed by atoms with Crippen molar-refractivity contribution in [3.05, 3.63) is 52.6 Å². The van der Waals surface area contributed by atoms with Crippen LogP contribution in [0.1, 0.15) is 35.0 Å². The number of benzene rings is 1. The average molecular weight is 308 g/mol. The number of aromatic nitrogens is 1. The van der Waals surface area contributed by atoms with Crippen LogP contribution in [-0.4, -0.2) is 10.5 Å². The van der Waals surface area contributed by atoms with E-state index in [1.807, 2.05) is 0 Å². The van der Waals surface area contributed by atoms with Crippen molar-refractivity contribution in [1.82, 2.24) is 4.57 Å². The maximum absolute atomic E-state index is 14.1. The molecule has 1 aromatic carbocycles. The van der Waals surface area contributed by atoms with Gasteiger partial charge in [-0.1, -0.05) is 0 Å². The van der Waals surface area contributed by atoms with Crippen LogP contribution in [0.2, 0.25) is 0 Å². The van der Waals surface area contributed by atoms with Crippen molar-refractivity contribution in [2.75, 3.05) is 0 Å². The Labute approximate surface area is 124 Å². The van der Waals surface area contributed by atoms with Crippen LogP contribution in [-0.2, 0) is 6.42 Å². The van der Waals surface area contributed by atoms with E-state index < -0.39 is 24.3 Å². The van der Waals surface area contributed by atoms with Gasteiger partial charge in [0, 0.05) is 29.6 Å². The predicted octanol–water partition coefficient (Wildman–Crippen LogP) is 4.39. The van der Waals surface area contributed by atoms with Gasteiger partial charge in [-0.05, 0) is 37.1 Å². The van der Waals surface area contributed by atoms with E-state index in [1.165, 1.54) is 12.1 Å². The molecule has 0 radical (unpaired) electrons. The Bertz CT molecular complexity index is 786. The topological polar surface area (TPSA) is 28.7 Å². The third-order valence-corrected chi connectivity index (χ3v) is 4.02. The van der Waals surface area contributed by atoms with Crippen molar-refractivity contribution in [1.29, 1.82) is 5.26 Å². The molecule has 0 saturated carbocycles. The fraction of sp³-hybridized carbons (Fsp3) is 0.312. The highest BCUT2D eigenvalue weighted by atomic mass is 19.3. The molecule has 2 nitrogen and oxygen atoms in total. The number of hydrogen-bond donors (Lipinski definition) is 0. The summed E-state index contributed by atoms with van der Waals surface area (Å²) < 4.78 is 56.2. The van der Waals surface area contributed by atoms with E-state index >= 15 is 0 Å². The van der Waals surface area contributed by atoms with Gasteiger partial charge < -0.3 is 4.57 Å². The quantitative estimate of drug-likeness (QED) is 0.718. The molecule has 0 bridgehead atoms. The number of halogens is 4. The molecule has 6 heteroatoms. The van der Waals surface area contributed by atoms with Gasteiger partial charge >= 0.3 is 0 Å². The highest BCUT2D eigenvalue weighted by Crippen LogP contribution is 2.46. The van der Waals surface area contributed by atoms with Crippen LogP contribution in [0.15, 0.2) is 24.4 Å². The van der Waals surface area contributed by atoms with E-state index in [4.69, 9.17) is 5.26 Å². The van der Waals surface area contributed by atoms with Gasteiger partial charge in [-0.2, -0.15) is 5.26 Å². The first-order valence-electron chi connectivity index (χ1n) is 6.78. The zero-order valence-corrected chi connectivity index (χ0v) is 11.7. The van der Waals surface area contributed by atoms with Crippen LogP contribution < -0.4 is 0 Å². The molecule has 0 aliphatic heterocycles. The Morgan fingerprint density at radius 1 is 1.36 bits per heavy atom. The van der Waals surface area contributed by atoms with Gasteiger partial charge in [-0.25, -0.2) is 17.6 Å². The van der Waals surface area contributed by atoms with Crippen LogP contribution >= 0.6 is 0 Å². The first-order valence-corrected chi connectivity index (χ1v) is 6.78. The van der Waals surface area contributed by atoms with Gasteiger partial charge in [0.15, 0.2) is 6.17 Å². The minimum absolute atomic E-state index is 0.000849. The normalized spacial score (nSPS) is 19.5. The summed E-state index contributed by atoms with van der Waals surface area (Å²) in [5.41, 5.74) is 1.19. The van der Waals surface area contributed by atoms with Crippen LogP contribution in [0, 0.1) is 24.1 Å². The zero-order valence-electron chi connectivity index (χ0n) is 11.7. The second-order valence-electron chi connectivity index (χ2n) is 5.44. The molecule has 0 fully saturated rings. The van der Waals surface area contributed by atoms with E-state index in [9.17, 15) is 17.6 Å². The number of fused-ring (bicyclic) bond motifs is 1. The third-order valence-electron chi connectivity index (χ3n) is 4.02. The molecular weight excluding hydrogens is 296 g/mol. The smallest absolute Gasteiger partial charge is 0.283 e. The second-order valence-corrected chi connectivity index (χ2v) is 5.44. The summed E-state index contributed by atoms with van der Waals surface area (Å²) in [6.07, 6.45) is -1.34. The van der Waals surface area contributed by atoms with Gasteiger partial charge in [0.25, 0.3) is 5.92 Å². The van der Waals surface area contributed by atoms with Crippen molar-refractivity contribution in [2.45, 2.75) is 31.9 Å². The maximum atomic E-state index is 14.1. The van der Waals surface area contributed by atoms with Crippen LogP contribution in [0.4, 0.5) is 17.6 Å². The molecular formula is C16H12F4N2. The van der Waals surface area contributed by atoms with Crippen LogP contribution in [0.3, 0.4) is 0 Å². The van der Waals surface area contributed by atoms with Gasteiger partial charge in [-0.3, -0.25) is 0 Å². The van der Waals surface area contributed by atoms with Gasteiger partial charge in [0.1, 0.15) is 11.9 Å². The number of nitriles is 1. The first kappa shape index (κ1) is 14.6. The predicted molar refractivity (Wildman–Crippen MR) is 72.3 cm³/mol. The van der Waals surface area contributed by atoms with E-state index in [0.717, 1.165) is 6.07 Å². The second kappa shape index (κ2) is 4.87. The number of hydrogen-bond acceptors (Lipinski definition) is 1. The Morgan fingerprint density at radius 3 is 2.77 bits per heavy atom. The summed E-state index contributed by atoms with van der Waals surface area (Å²) in [5, 5.41) is 8.89. The van der Waals surface area contributed by atoms with E-state index in [2.05, 4.69) is 0 Å². The van der Waals surface area contributed by atoms with Gasteiger partial charge in [0.2, 0.25) is 0 Å². The van der Waals surface area contributed by atoms with E-state index in [1.54, 1.807) is 23.8 Å². The molecule has 1 aromatic heterocycles. The van der Waals surface area contributed by atoms with Crippen LogP contribution in [0.5, 0.6) is 0 Å². The minimum atomic E-state index is -3.37. The molecule has 1 aliphatic carbocycles. The molecule has 1 atom stereocenters. The molecule has 114 valence electrons. The summed E-state index contributed by atoms with van der Waals surface area (Å²) in [6, 6.07) is 5.64. The van der Waals surface area contributed by atoms with Crippen LogP contribution in [0.25, 0.3) is 5.69 Å². The first-order chi connectivity index (χ1) is 10.3. The molecule has 1 unspecified atom stereocenters. The Morgan fingerprint density at radius 2 is 2.09 bits per heavy atom.